The number of hydrogen-bond donors (Lipinski definition) is 1. The van der Waals surface area contributed by atoms with Crippen molar-refractivity contribution in [2.24, 2.45) is 11.8 Å². The van der Waals surface area contributed by atoms with Gasteiger partial charge in [-0.05, 0) is 30.3 Å². The first kappa shape index (κ1) is 15.3. The van der Waals surface area contributed by atoms with Crippen molar-refractivity contribution in [2.45, 2.75) is 32.6 Å². The number of piperidine rings is 1. The van der Waals surface area contributed by atoms with Crippen LogP contribution in [0.15, 0.2) is 4.52 Å². The van der Waals surface area contributed by atoms with Crippen LogP contribution in [0, 0.1) is 11.8 Å². The molecule has 1 amide bonds. The molecule has 7 nitrogen and oxygen atoms in total. The van der Waals surface area contributed by atoms with Crippen LogP contribution >= 0.6 is 0 Å². The smallest absolute Gasteiger partial charge is 0.266 e. The molecule has 0 aromatic carbocycles. The van der Waals surface area contributed by atoms with Gasteiger partial charge in [0.1, 0.15) is 0 Å². The summed E-state index contributed by atoms with van der Waals surface area (Å²) < 4.78 is 10.4. The number of anilines is 1. The molecule has 3 rings (SSSR count). The molecule has 1 atom stereocenters. The van der Waals surface area contributed by atoms with Crippen LogP contribution in [0.2, 0.25) is 0 Å². The minimum Gasteiger partial charge on any atom is -0.381 e. The van der Waals surface area contributed by atoms with Gasteiger partial charge in [0.2, 0.25) is 11.8 Å². The second kappa shape index (κ2) is 7.09. The minimum absolute atomic E-state index is 0.0480. The number of amides is 1. The molecule has 1 N–H and O–H groups in total. The highest BCUT2D eigenvalue weighted by Crippen LogP contribution is 2.21. The van der Waals surface area contributed by atoms with Gasteiger partial charge >= 0.3 is 0 Å². The fraction of sp³-hybridized carbons (Fsp3) is 0.800. The lowest BCUT2D eigenvalue weighted by Gasteiger charge is -2.31. The minimum atomic E-state index is 0.0480. The normalized spacial score (nSPS) is 23.0. The lowest BCUT2D eigenvalue weighted by atomic mass is 9.96. The van der Waals surface area contributed by atoms with E-state index in [1.807, 2.05) is 6.92 Å². The average molecular weight is 308 g/mol. The van der Waals surface area contributed by atoms with E-state index in [1.54, 1.807) is 0 Å². The van der Waals surface area contributed by atoms with Crippen LogP contribution in [0.1, 0.15) is 32.1 Å². The summed E-state index contributed by atoms with van der Waals surface area (Å²) in [5.41, 5.74) is 0. The Balaban J connectivity index is 1.40. The van der Waals surface area contributed by atoms with E-state index in [0.29, 0.717) is 31.0 Å². The molecule has 0 aliphatic carbocycles. The maximum atomic E-state index is 12.0. The number of ether oxygens (including phenoxy) is 1. The van der Waals surface area contributed by atoms with Crippen LogP contribution < -0.4 is 10.2 Å². The number of hydrogen-bond acceptors (Lipinski definition) is 6. The van der Waals surface area contributed by atoms with Crippen molar-refractivity contribution < 1.29 is 14.1 Å². The van der Waals surface area contributed by atoms with Crippen molar-refractivity contribution in [1.82, 2.24) is 15.5 Å². The Morgan fingerprint density at radius 3 is 2.82 bits per heavy atom. The third kappa shape index (κ3) is 3.58. The summed E-state index contributed by atoms with van der Waals surface area (Å²) in [5, 5.41) is 7.09. The van der Waals surface area contributed by atoms with Crippen LogP contribution in [0.5, 0.6) is 0 Å². The summed E-state index contributed by atoms with van der Waals surface area (Å²) in [6.45, 7) is 5.87. The molecule has 3 heterocycles. The third-order valence-corrected chi connectivity index (χ3v) is 4.52. The number of aromatic nitrogens is 2. The molecule has 0 unspecified atom stereocenters. The third-order valence-electron chi connectivity index (χ3n) is 4.52. The molecular weight excluding hydrogens is 284 g/mol. The first-order chi connectivity index (χ1) is 10.8. The molecule has 7 heteroatoms. The lowest BCUT2D eigenvalue weighted by Crippen LogP contribution is -2.40. The molecule has 1 aromatic heterocycles. The average Bonchev–Trinajstić information content (AvgIpc) is 3.24. The van der Waals surface area contributed by atoms with E-state index in [4.69, 9.17) is 9.26 Å². The molecule has 22 heavy (non-hydrogen) atoms. The highest BCUT2D eigenvalue weighted by Gasteiger charge is 2.26. The molecule has 0 spiro atoms. The van der Waals surface area contributed by atoms with Gasteiger partial charge in [0.05, 0.1) is 12.5 Å². The van der Waals surface area contributed by atoms with Gasteiger partial charge in [-0.1, -0.05) is 6.92 Å². The number of carbonyl (C=O) groups is 1. The van der Waals surface area contributed by atoms with E-state index < -0.39 is 0 Å². The molecule has 0 radical (unpaired) electrons. The molecule has 2 fully saturated rings. The van der Waals surface area contributed by atoms with E-state index in [9.17, 15) is 4.79 Å². The highest BCUT2D eigenvalue weighted by molar-refractivity contribution is 5.78. The number of nitrogens with zero attached hydrogens (tertiary/aromatic N) is 3. The van der Waals surface area contributed by atoms with Gasteiger partial charge in [0, 0.05) is 32.7 Å². The van der Waals surface area contributed by atoms with Gasteiger partial charge < -0.3 is 19.5 Å². The molecule has 0 bridgehead atoms. The maximum Gasteiger partial charge on any atom is 0.266 e. The first-order valence-electron chi connectivity index (χ1n) is 8.19. The molecule has 0 saturated carbocycles. The monoisotopic (exact) mass is 308 g/mol. The topological polar surface area (TPSA) is 80.5 Å². The standard InChI is InChI=1S/C15H24N4O3/c1-2-13-17-15(18-22-13)19-6-3-11(4-7-19)9-16-14(20)12-5-8-21-10-12/h11-12H,2-10H2,1H3,(H,16,20)/t12-/m0/s1. The van der Waals surface area contributed by atoms with Gasteiger partial charge in [-0.2, -0.15) is 4.98 Å². The van der Waals surface area contributed by atoms with Crippen LogP contribution in [-0.4, -0.2) is 48.9 Å². The number of rotatable bonds is 5. The summed E-state index contributed by atoms with van der Waals surface area (Å²) in [6.07, 6.45) is 3.69. The van der Waals surface area contributed by atoms with E-state index in [2.05, 4.69) is 20.4 Å². The molecule has 2 aliphatic rings. The second-order valence-electron chi connectivity index (χ2n) is 6.08. The molecule has 2 saturated heterocycles. The van der Waals surface area contributed by atoms with Crippen molar-refractivity contribution in [3.8, 4) is 0 Å². The Morgan fingerprint density at radius 1 is 1.36 bits per heavy atom. The largest absolute Gasteiger partial charge is 0.381 e. The molecule has 1 aromatic rings. The van der Waals surface area contributed by atoms with Crippen molar-refractivity contribution in [1.29, 1.82) is 0 Å². The number of nitrogens with one attached hydrogen (secondary N) is 1. The van der Waals surface area contributed by atoms with Crippen LogP contribution in [0.25, 0.3) is 0 Å². The molecular formula is C15H24N4O3. The zero-order valence-electron chi connectivity index (χ0n) is 13.1. The summed E-state index contributed by atoms with van der Waals surface area (Å²) in [6, 6.07) is 0. The molecule has 2 aliphatic heterocycles. The Kier molecular flexibility index (Phi) is 4.92. The zero-order valence-corrected chi connectivity index (χ0v) is 13.1. The Bertz CT molecular complexity index is 491. The van der Waals surface area contributed by atoms with Gasteiger partial charge in [-0.15, -0.1) is 0 Å². The van der Waals surface area contributed by atoms with E-state index in [-0.39, 0.29) is 11.8 Å². The SMILES string of the molecule is CCc1nc(N2CCC(CNC(=O)[C@H]3CCOC3)CC2)no1. The van der Waals surface area contributed by atoms with Crippen LogP contribution in [0.4, 0.5) is 5.95 Å². The first-order valence-corrected chi connectivity index (χ1v) is 8.19. The maximum absolute atomic E-state index is 12.0. The summed E-state index contributed by atoms with van der Waals surface area (Å²) >= 11 is 0. The van der Waals surface area contributed by atoms with Gasteiger partial charge in [-0.25, -0.2) is 0 Å². The van der Waals surface area contributed by atoms with E-state index >= 15 is 0 Å². The number of carbonyl (C=O) groups excluding carboxylic acids is 1. The zero-order chi connectivity index (χ0) is 15.4. The fourth-order valence-electron chi connectivity index (χ4n) is 2.99. The van der Waals surface area contributed by atoms with Gasteiger partial charge in [0.25, 0.3) is 5.95 Å². The van der Waals surface area contributed by atoms with Crippen molar-refractivity contribution in [2.75, 3.05) is 37.7 Å². The van der Waals surface area contributed by atoms with Crippen molar-refractivity contribution in [3.63, 3.8) is 0 Å². The summed E-state index contributed by atoms with van der Waals surface area (Å²) in [7, 11) is 0. The predicted molar refractivity (Wildman–Crippen MR) is 80.5 cm³/mol. The van der Waals surface area contributed by atoms with Crippen molar-refractivity contribution >= 4 is 11.9 Å². The van der Waals surface area contributed by atoms with E-state index in [1.165, 1.54) is 0 Å². The Labute approximate surface area is 130 Å². The summed E-state index contributed by atoms with van der Waals surface area (Å²) in [5.74, 6) is 2.10. The predicted octanol–water partition coefficient (Wildman–Crippen LogP) is 1.00. The van der Waals surface area contributed by atoms with Gasteiger partial charge in [0.15, 0.2) is 0 Å². The highest BCUT2D eigenvalue weighted by atomic mass is 16.5. The Hall–Kier alpha value is -1.63. The summed E-state index contributed by atoms with van der Waals surface area (Å²) in [4.78, 5) is 18.5. The van der Waals surface area contributed by atoms with E-state index in [0.717, 1.165) is 45.3 Å². The Morgan fingerprint density at radius 2 is 2.18 bits per heavy atom. The second-order valence-corrected chi connectivity index (χ2v) is 6.08. The fourth-order valence-corrected chi connectivity index (χ4v) is 2.99. The van der Waals surface area contributed by atoms with Gasteiger partial charge in [-0.3, -0.25) is 4.79 Å². The van der Waals surface area contributed by atoms with Crippen LogP contribution in [0.3, 0.4) is 0 Å². The molecule has 122 valence electrons. The quantitative estimate of drug-likeness (QED) is 0.874. The van der Waals surface area contributed by atoms with Crippen molar-refractivity contribution in [3.05, 3.63) is 5.89 Å². The lowest BCUT2D eigenvalue weighted by molar-refractivity contribution is -0.125. The number of aryl methyl sites for hydroxylation is 1. The van der Waals surface area contributed by atoms with Crippen LogP contribution in [-0.2, 0) is 16.0 Å².